The van der Waals surface area contributed by atoms with Gasteiger partial charge in [-0.15, -0.1) is 0 Å². The number of carbonyl (C=O) groups excluding carboxylic acids is 1. The quantitative estimate of drug-likeness (QED) is 0.874. The highest BCUT2D eigenvalue weighted by Crippen LogP contribution is 2.32. The average molecular weight is 311 g/mol. The molecule has 1 aliphatic heterocycles. The first-order valence-corrected chi connectivity index (χ1v) is 7.75. The molecule has 1 fully saturated rings. The highest BCUT2D eigenvalue weighted by molar-refractivity contribution is 5.94. The van der Waals surface area contributed by atoms with E-state index in [-0.39, 0.29) is 17.4 Å². The first-order valence-electron chi connectivity index (χ1n) is 7.75. The summed E-state index contributed by atoms with van der Waals surface area (Å²) >= 11 is 0. The topological polar surface area (TPSA) is 55.3 Å². The van der Waals surface area contributed by atoms with Gasteiger partial charge in [-0.1, -0.05) is 39.0 Å². The van der Waals surface area contributed by atoms with Crippen molar-refractivity contribution in [3.8, 4) is 5.75 Å². The molecule has 1 amide bonds. The van der Waals surface area contributed by atoms with E-state index in [1.54, 1.807) is 17.3 Å². The van der Waals surface area contributed by atoms with E-state index < -0.39 is 0 Å². The summed E-state index contributed by atoms with van der Waals surface area (Å²) in [5, 5.41) is 0. The van der Waals surface area contributed by atoms with Crippen molar-refractivity contribution in [2.75, 3.05) is 13.1 Å². The van der Waals surface area contributed by atoms with Crippen molar-refractivity contribution in [1.82, 2.24) is 14.9 Å². The number of carbonyl (C=O) groups is 1. The summed E-state index contributed by atoms with van der Waals surface area (Å²) in [4.78, 5) is 21.8. The maximum absolute atomic E-state index is 12.2. The van der Waals surface area contributed by atoms with Gasteiger partial charge in [-0.25, -0.2) is 9.97 Å². The lowest BCUT2D eigenvalue weighted by Gasteiger charge is -2.39. The van der Waals surface area contributed by atoms with Crippen molar-refractivity contribution in [2.24, 2.45) is 0 Å². The van der Waals surface area contributed by atoms with Crippen LogP contribution in [0.5, 0.6) is 5.75 Å². The van der Waals surface area contributed by atoms with Crippen LogP contribution in [0.25, 0.3) is 0 Å². The molecule has 3 rings (SSSR count). The number of para-hydroxylation sites is 1. The van der Waals surface area contributed by atoms with Crippen molar-refractivity contribution in [3.63, 3.8) is 0 Å². The molecule has 5 nitrogen and oxygen atoms in total. The van der Waals surface area contributed by atoms with Gasteiger partial charge in [0.15, 0.2) is 0 Å². The Labute approximate surface area is 136 Å². The number of benzene rings is 1. The van der Waals surface area contributed by atoms with Crippen molar-refractivity contribution in [1.29, 1.82) is 0 Å². The fourth-order valence-corrected chi connectivity index (χ4v) is 2.64. The second-order valence-corrected chi connectivity index (χ2v) is 6.82. The van der Waals surface area contributed by atoms with Gasteiger partial charge in [-0.3, -0.25) is 4.79 Å². The lowest BCUT2D eigenvalue weighted by molar-refractivity contribution is 0.0170. The molecule has 0 aliphatic carbocycles. The largest absolute Gasteiger partial charge is 0.486 e. The van der Waals surface area contributed by atoms with Gasteiger partial charge >= 0.3 is 0 Å². The van der Waals surface area contributed by atoms with Crippen LogP contribution in [-0.4, -0.2) is 40.0 Å². The molecule has 0 unspecified atom stereocenters. The molecule has 0 radical (unpaired) electrons. The molecule has 2 aromatic rings. The molecular formula is C18H21N3O2. The number of hydrogen-bond acceptors (Lipinski definition) is 4. The number of aromatic nitrogens is 2. The maximum Gasteiger partial charge on any atom is 0.257 e. The average Bonchev–Trinajstić information content (AvgIpc) is 2.50. The third kappa shape index (κ3) is 3.33. The van der Waals surface area contributed by atoms with Gasteiger partial charge in [0.1, 0.15) is 18.2 Å². The molecule has 5 heteroatoms. The van der Waals surface area contributed by atoms with Gasteiger partial charge in [-0.2, -0.15) is 0 Å². The molecule has 1 aliphatic rings. The van der Waals surface area contributed by atoms with Crippen LogP contribution in [0.3, 0.4) is 0 Å². The molecule has 0 saturated carbocycles. The third-order valence-corrected chi connectivity index (χ3v) is 3.93. The van der Waals surface area contributed by atoms with Crippen LogP contribution in [-0.2, 0) is 5.41 Å². The highest BCUT2D eigenvalue weighted by atomic mass is 16.5. The summed E-state index contributed by atoms with van der Waals surface area (Å²) in [6.07, 6.45) is 4.53. The predicted molar refractivity (Wildman–Crippen MR) is 87.5 cm³/mol. The number of nitrogens with zero attached hydrogens (tertiary/aromatic N) is 3. The van der Waals surface area contributed by atoms with Crippen molar-refractivity contribution < 1.29 is 9.53 Å². The Morgan fingerprint density at radius 3 is 2.48 bits per heavy atom. The minimum absolute atomic E-state index is 0.0250. The molecule has 1 saturated heterocycles. The van der Waals surface area contributed by atoms with E-state index in [4.69, 9.17) is 4.74 Å². The molecule has 0 spiro atoms. The maximum atomic E-state index is 12.2. The van der Waals surface area contributed by atoms with Crippen molar-refractivity contribution in [2.45, 2.75) is 32.3 Å². The monoisotopic (exact) mass is 311 g/mol. The van der Waals surface area contributed by atoms with Crippen LogP contribution in [0, 0.1) is 0 Å². The van der Waals surface area contributed by atoms with Crippen molar-refractivity contribution in [3.05, 3.63) is 54.1 Å². The summed E-state index contributed by atoms with van der Waals surface area (Å²) in [6.45, 7) is 7.68. The zero-order valence-electron chi connectivity index (χ0n) is 13.7. The standard InChI is InChI=1S/C18H21N3O2/c1-18(2,3)15-6-4-5-7-16(15)23-14-10-21(11-14)17(22)13-8-19-12-20-9-13/h4-9,12,14H,10-11H2,1-3H3. The van der Waals surface area contributed by atoms with E-state index in [0.717, 1.165) is 5.75 Å². The summed E-state index contributed by atoms with van der Waals surface area (Å²) in [5.74, 6) is 0.856. The second kappa shape index (κ2) is 5.99. The second-order valence-electron chi connectivity index (χ2n) is 6.82. The van der Waals surface area contributed by atoms with Gasteiger partial charge in [0.05, 0.1) is 18.7 Å². The molecule has 1 aromatic carbocycles. The first-order chi connectivity index (χ1) is 10.9. The smallest absolute Gasteiger partial charge is 0.257 e. The number of rotatable bonds is 3. The van der Waals surface area contributed by atoms with E-state index in [1.165, 1.54) is 11.9 Å². The van der Waals surface area contributed by atoms with Crippen LogP contribution in [0.2, 0.25) is 0 Å². The Bertz CT molecular complexity index is 689. The third-order valence-electron chi connectivity index (χ3n) is 3.93. The predicted octanol–water partition coefficient (Wildman–Crippen LogP) is 2.68. The Kier molecular flexibility index (Phi) is 4.03. The summed E-state index contributed by atoms with van der Waals surface area (Å²) in [7, 11) is 0. The van der Waals surface area contributed by atoms with Gasteiger partial charge in [0, 0.05) is 12.4 Å². The van der Waals surface area contributed by atoms with Gasteiger partial charge < -0.3 is 9.64 Å². The minimum atomic E-state index is -0.0467. The lowest BCUT2D eigenvalue weighted by atomic mass is 9.86. The van der Waals surface area contributed by atoms with Crippen LogP contribution < -0.4 is 4.74 Å². The molecule has 0 atom stereocenters. The summed E-state index contributed by atoms with van der Waals surface area (Å²) < 4.78 is 6.10. The van der Waals surface area contributed by atoms with Crippen LogP contribution in [0.4, 0.5) is 0 Å². The van der Waals surface area contributed by atoms with Crippen LogP contribution in [0.1, 0.15) is 36.7 Å². The van der Waals surface area contributed by atoms with Gasteiger partial charge in [0.2, 0.25) is 0 Å². The fraction of sp³-hybridized carbons (Fsp3) is 0.389. The Morgan fingerprint density at radius 2 is 1.83 bits per heavy atom. The van der Waals surface area contributed by atoms with Crippen LogP contribution in [0.15, 0.2) is 43.0 Å². The number of hydrogen-bond donors (Lipinski definition) is 0. The lowest BCUT2D eigenvalue weighted by Crippen LogP contribution is -2.56. The molecule has 0 N–H and O–H groups in total. The fourth-order valence-electron chi connectivity index (χ4n) is 2.64. The molecule has 0 bridgehead atoms. The zero-order chi connectivity index (χ0) is 16.4. The highest BCUT2D eigenvalue weighted by Gasteiger charge is 2.34. The molecule has 1 aromatic heterocycles. The van der Waals surface area contributed by atoms with Gasteiger partial charge in [-0.05, 0) is 17.0 Å². The normalized spacial score (nSPS) is 15.2. The molecule has 23 heavy (non-hydrogen) atoms. The number of amides is 1. The van der Waals surface area contributed by atoms with E-state index in [2.05, 4.69) is 36.8 Å². The van der Waals surface area contributed by atoms with Crippen molar-refractivity contribution >= 4 is 5.91 Å². The zero-order valence-corrected chi connectivity index (χ0v) is 13.7. The SMILES string of the molecule is CC(C)(C)c1ccccc1OC1CN(C(=O)c2cncnc2)C1. The van der Waals surface area contributed by atoms with Gasteiger partial charge in [0.25, 0.3) is 5.91 Å². The molecule has 2 heterocycles. The van der Waals surface area contributed by atoms with Crippen LogP contribution >= 0.6 is 0 Å². The molecule has 120 valence electrons. The minimum Gasteiger partial charge on any atom is -0.486 e. The van der Waals surface area contributed by atoms with E-state index in [9.17, 15) is 4.79 Å². The number of likely N-dealkylation sites (tertiary alicyclic amines) is 1. The summed E-state index contributed by atoms with van der Waals surface area (Å²) in [6, 6.07) is 8.10. The Hall–Kier alpha value is -2.43. The Balaban J connectivity index is 1.62. The van der Waals surface area contributed by atoms with E-state index in [1.807, 2.05) is 18.2 Å². The van der Waals surface area contributed by atoms with E-state index >= 15 is 0 Å². The number of ether oxygens (including phenoxy) is 1. The first kappa shape index (κ1) is 15.5. The summed E-state index contributed by atoms with van der Waals surface area (Å²) in [5.41, 5.74) is 1.72. The Morgan fingerprint density at radius 1 is 1.17 bits per heavy atom. The van der Waals surface area contributed by atoms with E-state index in [0.29, 0.717) is 18.7 Å². The molecular weight excluding hydrogens is 290 g/mol.